The molecule has 0 aliphatic rings. The average Bonchev–Trinajstić information content (AvgIpc) is 3.08. The van der Waals surface area contributed by atoms with Gasteiger partial charge in [0.05, 0.1) is 6.20 Å². The van der Waals surface area contributed by atoms with Crippen LogP contribution >= 0.6 is 0 Å². The number of ether oxygens (including phenoxy) is 1. The summed E-state index contributed by atoms with van der Waals surface area (Å²) < 4.78 is 73.4. The quantitative estimate of drug-likeness (QED) is 0.718. The zero-order valence-corrected chi connectivity index (χ0v) is 13.7. The Labute approximate surface area is 146 Å². The van der Waals surface area contributed by atoms with Gasteiger partial charge < -0.3 is 9.15 Å². The van der Waals surface area contributed by atoms with Crippen LogP contribution in [0.4, 0.5) is 18.9 Å². The maximum Gasteiger partial charge on any atom is 0.573 e. The number of alkyl halides is 3. The molecular weight excluding hydrogens is 373 g/mol. The maximum absolute atomic E-state index is 12.5. The van der Waals surface area contributed by atoms with Crippen molar-refractivity contribution in [1.82, 2.24) is 4.98 Å². The Kier molecular flexibility index (Phi) is 4.60. The summed E-state index contributed by atoms with van der Waals surface area (Å²) in [5, 5.41) is 0. The molecule has 136 valence electrons. The number of hydrogen-bond acceptors (Lipinski definition) is 5. The third-order valence-corrected chi connectivity index (χ3v) is 4.64. The maximum atomic E-state index is 12.5. The molecule has 3 aromatic rings. The van der Waals surface area contributed by atoms with E-state index in [0.29, 0.717) is 11.3 Å². The van der Waals surface area contributed by atoms with Gasteiger partial charge in [-0.1, -0.05) is 12.1 Å². The molecule has 0 bridgehead atoms. The number of hydrogen-bond donors (Lipinski definition) is 1. The minimum absolute atomic E-state index is 0.162. The van der Waals surface area contributed by atoms with Crippen LogP contribution < -0.4 is 9.46 Å². The molecule has 3 rings (SSSR count). The Bertz CT molecular complexity index is 985. The lowest BCUT2D eigenvalue weighted by atomic mass is 10.2. The largest absolute Gasteiger partial charge is 0.573 e. The summed E-state index contributed by atoms with van der Waals surface area (Å²) in [5.41, 5.74) is 0.821. The van der Waals surface area contributed by atoms with Gasteiger partial charge in [-0.25, -0.2) is 13.4 Å². The Morgan fingerprint density at radius 3 is 2.35 bits per heavy atom. The number of nitrogens with zero attached hydrogens (tertiary/aromatic N) is 1. The minimum atomic E-state index is -5.01. The molecule has 0 atom stereocenters. The first-order chi connectivity index (χ1) is 12.2. The number of para-hydroxylation sites is 1. The smallest absolute Gasteiger partial charge is 0.444 e. The Morgan fingerprint density at radius 2 is 1.73 bits per heavy atom. The van der Waals surface area contributed by atoms with Crippen LogP contribution in [0.25, 0.3) is 11.3 Å². The molecule has 2 aromatic carbocycles. The molecule has 0 unspecified atom stereocenters. The molecular formula is C16H11F3N2O4S. The topological polar surface area (TPSA) is 81.4 Å². The number of sulfonamides is 1. The standard InChI is InChI=1S/C16H11F3N2O4S/c17-16(18,19)25-13-3-1-2-4-15(13)26(22,23)21-12-7-5-11(6-8-12)14-9-20-10-24-14/h1-10,21H. The molecule has 0 saturated carbocycles. The second kappa shape index (κ2) is 6.71. The van der Waals surface area contributed by atoms with E-state index in [9.17, 15) is 21.6 Å². The monoisotopic (exact) mass is 384 g/mol. The van der Waals surface area contributed by atoms with E-state index in [1.165, 1.54) is 36.9 Å². The van der Waals surface area contributed by atoms with Crippen molar-refractivity contribution < 1.29 is 30.7 Å². The number of benzene rings is 2. The summed E-state index contributed by atoms with van der Waals surface area (Å²) in [5.74, 6) is -0.325. The van der Waals surface area contributed by atoms with Crippen molar-refractivity contribution in [2.75, 3.05) is 4.72 Å². The van der Waals surface area contributed by atoms with E-state index < -0.39 is 27.0 Å². The lowest BCUT2D eigenvalue weighted by molar-refractivity contribution is -0.275. The van der Waals surface area contributed by atoms with E-state index in [1.54, 1.807) is 12.1 Å². The van der Waals surface area contributed by atoms with Gasteiger partial charge in [-0.05, 0) is 36.4 Å². The predicted octanol–water partition coefficient (Wildman–Crippen LogP) is 4.04. The van der Waals surface area contributed by atoms with E-state index in [4.69, 9.17) is 4.42 Å². The number of oxazole rings is 1. The van der Waals surface area contributed by atoms with Crippen LogP contribution in [0.5, 0.6) is 5.75 Å². The zero-order chi connectivity index (χ0) is 18.8. The van der Waals surface area contributed by atoms with Crippen LogP contribution in [0.1, 0.15) is 0 Å². The lowest BCUT2D eigenvalue weighted by Crippen LogP contribution is -2.20. The van der Waals surface area contributed by atoms with Gasteiger partial charge in [0.25, 0.3) is 10.0 Å². The van der Waals surface area contributed by atoms with E-state index in [2.05, 4.69) is 14.4 Å². The normalized spacial score (nSPS) is 12.0. The summed E-state index contributed by atoms with van der Waals surface area (Å²) in [6.07, 6.45) is -2.27. The molecule has 1 aromatic heterocycles. The first-order valence-electron chi connectivity index (χ1n) is 7.11. The average molecular weight is 384 g/mol. The molecule has 0 aliphatic heterocycles. The Morgan fingerprint density at radius 1 is 1.04 bits per heavy atom. The number of nitrogens with one attached hydrogen (secondary N) is 1. The fourth-order valence-corrected chi connectivity index (χ4v) is 3.34. The number of aromatic nitrogens is 1. The van der Waals surface area contributed by atoms with Gasteiger partial charge in [0, 0.05) is 11.3 Å². The predicted molar refractivity (Wildman–Crippen MR) is 85.9 cm³/mol. The second-order valence-electron chi connectivity index (χ2n) is 5.04. The molecule has 26 heavy (non-hydrogen) atoms. The van der Waals surface area contributed by atoms with Crippen LogP contribution in [-0.2, 0) is 10.0 Å². The van der Waals surface area contributed by atoms with Gasteiger partial charge in [0.1, 0.15) is 10.6 Å². The fourth-order valence-electron chi connectivity index (χ4n) is 2.15. The molecule has 10 heteroatoms. The van der Waals surface area contributed by atoms with Crippen molar-refractivity contribution in [3.8, 4) is 17.1 Å². The molecule has 1 N–H and O–H groups in total. The third kappa shape index (κ3) is 4.14. The molecule has 0 amide bonds. The van der Waals surface area contributed by atoms with Gasteiger partial charge in [-0.3, -0.25) is 4.72 Å². The van der Waals surface area contributed by atoms with Crippen molar-refractivity contribution in [3.63, 3.8) is 0 Å². The number of halogens is 3. The Balaban J connectivity index is 1.86. The van der Waals surface area contributed by atoms with Crippen LogP contribution in [0.2, 0.25) is 0 Å². The summed E-state index contributed by atoms with van der Waals surface area (Å²) in [6, 6.07) is 10.5. The lowest BCUT2D eigenvalue weighted by Gasteiger charge is -2.14. The highest BCUT2D eigenvalue weighted by molar-refractivity contribution is 7.92. The zero-order valence-electron chi connectivity index (χ0n) is 12.9. The van der Waals surface area contributed by atoms with Gasteiger partial charge in [-0.15, -0.1) is 13.2 Å². The van der Waals surface area contributed by atoms with Gasteiger partial charge in [0.2, 0.25) is 0 Å². The second-order valence-corrected chi connectivity index (χ2v) is 6.69. The van der Waals surface area contributed by atoms with Crippen molar-refractivity contribution in [1.29, 1.82) is 0 Å². The SMILES string of the molecule is O=S(=O)(Nc1ccc(-c2cnco2)cc1)c1ccccc1OC(F)(F)F. The first kappa shape index (κ1) is 17.8. The van der Waals surface area contributed by atoms with Crippen LogP contribution in [0.15, 0.2) is 70.4 Å². The van der Waals surface area contributed by atoms with Crippen LogP contribution in [-0.4, -0.2) is 19.8 Å². The highest BCUT2D eigenvalue weighted by atomic mass is 32.2. The van der Waals surface area contributed by atoms with Crippen LogP contribution in [0, 0.1) is 0 Å². The summed E-state index contributed by atoms with van der Waals surface area (Å²) in [4.78, 5) is 3.15. The molecule has 0 fully saturated rings. The number of rotatable bonds is 5. The number of anilines is 1. The van der Waals surface area contributed by atoms with Gasteiger partial charge in [-0.2, -0.15) is 0 Å². The summed E-state index contributed by atoms with van der Waals surface area (Å²) >= 11 is 0. The molecule has 1 heterocycles. The first-order valence-corrected chi connectivity index (χ1v) is 8.59. The third-order valence-electron chi connectivity index (χ3n) is 3.22. The van der Waals surface area contributed by atoms with Crippen molar-refractivity contribution >= 4 is 15.7 Å². The minimum Gasteiger partial charge on any atom is -0.444 e. The summed E-state index contributed by atoms with van der Waals surface area (Å²) in [7, 11) is -4.29. The molecule has 6 nitrogen and oxygen atoms in total. The van der Waals surface area contributed by atoms with E-state index >= 15 is 0 Å². The summed E-state index contributed by atoms with van der Waals surface area (Å²) in [6.45, 7) is 0. The molecule has 0 radical (unpaired) electrons. The molecule has 0 spiro atoms. The van der Waals surface area contributed by atoms with E-state index in [1.807, 2.05) is 0 Å². The van der Waals surface area contributed by atoms with E-state index in [-0.39, 0.29) is 5.69 Å². The molecule has 0 saturated heterocycles. The highest BCUT2D eigenvalue weighted by Gasteiger charge is 2.34. The van der Waals surface area contributed by atoms with Gasteiger partial charge >= 0.3 is 6.36 Å². The van der Waals surface area contributed by atoms with Crippen molar-refractivity contribution in [3.05, 3.63) is 61.1 Å². The highest BCUT2D eigenvalue weighted by Crippen LogP contribution is 2.31. The van der Waals surface area contributed by atoms with Crippen molar-refractivity contribution in [2.45, 2.75) is 11.3 Å². The molecule has 0 aliphatic carbocycles. The Hall–Kier alpha value is -3.01. The van der Waals surface area contributed by atoms with Crippen molar-refractivity contribution in [2.24, 2.45) is 0 Å². The fraction of sp³-hybridized carbons (Fsp3) is 0.0625. The van der Waals surface area contributed by atoms with Crippen LogP contribution in [0.3, 0.4) is 0 Å². The van der Waals surface area contributed by atoms with Gasteiger partial charge in [0.15, 0.2) is 12.2 Å². The van der Waals surface area contributed by atoms with E-state index in [0.717, 1.165) is 12.1 Å².